The van der Waals surface area contributed by atoms with Crippen molar-refractivity contribution in [3.8, 4) is 0 Å². The van der Waals surface area contributed by atoms with E-state index in [1.54, 1.807) is 0 Å². The molecule has 31 heavy (non-hydrogen) atoms. The Morgan fingerprint density at radius 1 is 0.645 bits per heavy atom. The molecule has 5 nitrogen and oxygen atoms in total. The second-order valence-corrected chi connectivity index (χ2v) is 9.26. The number of nitrogens with one attached hydrogen (secondary N) is 1. The fourth-order valence-corrected chi connectivity index (χ4v) is 4.01. The van der Waals surface area contributed by atoms with Gasteiger partial charge < -0.3 is 20.6 Å². The maximum atomic E-state index is 12.2. The molecule has 0 heterocycles. The zero-order chi connectivity index (χ0) is 23.2. The van der Waals surface area contributed by atoms with Crippen LogP contribution in [0.2, 0.25) is 0 Å². The van der Waals surface area contributed by atoms with E-state index in [0.717, 1.165) is 32.1 Å². The van der Waals surface area contributed by atoms with Crippen LogP contribution in [-0.4, -0.2) is 46.1 Å². The zero-order valence-electron chi connectivity index (χ0n) is 20.6. The summed E-state index contributed by atoms with van der Waals surface area (Å²) >= 11 is 0. The molecule has 0 aromatic rings. The van der Waals surface area contributed by atoms with Crippen LogP contribution in [0.25, 0.3) is 0 Å². The molecule has 0 saturated heterocycles. The third kappa shape index (κ3) is 18.6. The van der Waals surface area contributed by atoms with Crippen LogP contribution in [-0.2, 0) is 4.79 Å². The monoisotopic (exact) mass is 443 g/mol. The minimum atomic E-state index is -1.06. The Morgan fingerprint density at radius 3 is 1.45 bits per heavy atom. The van der Waals surface area contributed by atoms with Crippen LogP contribution in [0.1, 0.15) is 136 Å². The lowest BCUT2D eigenvalue weighted by Gasteiger charge is -2.23. The Bertz CT molecular complexity index is 392. The van der Waals surface area contributed by atoms with E-state index in [9.17, 15) is 20.1 Å². The predicted octanol–water partition coefficient (Wildman–Crippen LogP) is 5.64. The van der Waals surface area contributed by atoms with Gasteiger partial charge in [0.05, 0.1) is 18.8 Å². The number of rotatable bonds is 23. The van der Waals surface area contributed by atoms with Crippen LogP contribution in [0.3, 0.4) is 0 Å². The van der Waals surface area contributed by atoms with Crippen molar-refractivity contribution in [1.29, 1.82) is 0 Å². The van der Waals surface area contributed by atoms with E-state index in [1.807, 2.05) is 0 Å². The summed E-state index contributed by atoms with van der Waals surface area (Å²) in [5.41, 5.74) is 0. The summed E-state index contributed by atoms with van der Waals surface area (Å²) in [4.78, 5) is 12.2. The first kappa shape index (κ1) is 30.4. The van der Waals surface area contributed by atoms with Gasteiger partial charge >= 0.3 is 0 Å². The molecule has 3 atom stereocenters. The molecule has 186 valence electrons. The lowest BCUT2D eigenvalue weighted by molar-refractivity contribution is -0.131. The number of aliphatic hydroxyl groups is 3. The normalized spacial score (nSPS) is 14.4. The minimum Gasteiger partial charge on any atom is -0.394 e. The zero-order valence-corrected chi connectivity index (χ0v) is 20.6. The van der Waals surface area contributed by atoms with Crippen LogP contribution >= 0.6 is 0 Å². The van der Waals surface area contributed by atoms with Crippen LogP contribution in [0, 0.1) is 0 Å². The van der Waals surface area contributed by atoms with Crippen molar-refractivity contribution in [2.24, 2.45) is 0 Å². The second kappa shape index (κ2) is 22.5. The highest BCUT2D eigenvalue weighted by atomic mass is 16.3. The fraction of sp³-hybridized carbons (Fsp3) is 0.962. The first-order valence-corrected chi connectivity index (χ1v) is 13.3. The smallest absolute Gasteiger partial charge is 0.249 e. The summed E-state index contributed by atoms with van der Waals surface area (Å²) in [6, 6.07) is -0.699. The molecule has 4 N–H and O–H groups in total. The fourth-order valence-electron chi connectivity index (χ4n) is 4.01. The first-order valence-electron chi connectivity index (χ1n) is 13.3. The average Bonchev–Trinajstić information content (AvgIpc) is 2.77. The standard InChI is InChI=1S/C26H53NO4/c1-3-5-7-9-11-13-15-16-18-20-24(29)23(22-28)27-26(31)25(30)21-19-17-14-12-10-8-6-4-2/h23-25,28-30H,3-22H2,1-2H3,(H,27,31). The summed E-state index contributed by atoms with van der Waals surface area (Å²) < 4.78 is 0. The van der Waals surface area contributed by atoms with E-state index in [1.165, 1.54) is 77.0 Å². The van der Waals surface area contributed by atoms with Gasteiger partial charge in [0, 0.05) is 0 Å². The van der Waals surface area contributed by atoms with Crippen molar-refractivity contribution in [2.75, 3.05) is 6.61 Å². The van der Waals surface area contributed by atoms with Gasteiger partial charge in [-0.25, -0.2) is 0 Å². The molecule has 3 unspecified atom stereocenters. The molecule has 0 rings (SSSR count). The molecule has 0 radical (unpaired) electrons. The highest BCUT2D eigenvalue weighted by Gasteiger charge is 2.23. The van der Waals surface area contributed by atoms with Gasteiger partial charge in [-0.2, -0.15) is 0 Å². The van der Waals surface area contributed by atoms with Gasteiger partial charge in [-0.05, 0) is 12.8 Å². The first-order chi connectivity index (χ1) is 15.1. The molecule has 0 aliphatic heterocycles. The Labute approximate surface area is 192 Å². The van der Waals surface area contributed by atoms with Crippen molar-refractivity contribution in [2.45, 2.75) is 154 Å². The Hall–Kier alpha value is -0.650. The van der Waals surface area contributed by atoms with E-state index in [-0.39, 0.29) is 6.61 Å². The van der Waals surface area contributed by atoms with Gasteiger partial charge in [-0.3, -0.25) is 4.79 Å². The lowest BCUT2D eigenvalue weighted by Crippen LogP contribution is -2.49. The van der Waals surface area contributed by atoms with Crippen LogP contribution < -0.4 is 5.32 Å². The summed E-state index contributed by atoms with van der Waals surface area (Å²) in [5.74, 6) is -0.479. The molecule has 0 aliphatic carbocycles. The molecule has 0 fully saturated rings. The van der Waals surface area contributed by atoms with E-state index < -0.39 is 24.2 Å². The predicted molar refractivity (Wildman–Crippen MR) is 130 cm³/mol. The Morgan fingerprint density at radius 2 is 1.03 bits per heavy atom. The maximum Gasteiger partial charge on any atom is 0.249 e. The third-order valence-corrected chi connectivity index (χ3v) is 6.23. The van der Waals surface area contributed by atoms with Gasteiger partial charge in [0.15, 0.2) is 0 Å². The summed E-state index contributed by atoms with van der Waals surface area (Å²) in [5, 5.41) is 32.6. The van der Waals surface area contributed by atoms with Gasteiger partial charge in [0.1, 0.15) is 6.10 Å². The van der Waals surface area contributed by atoms with Crippen LogP contribution in [0.5, 0.6) is 0 Å². The molecule has 0 aromatic carbocycles. The average molecular weight is 444 g/mol. The number of hydrogen-bond donors (Lipinski definition) is 4. The number of carbonyl (C=O) groups is 1. The van der Waals surface area contributed by atoms with Crippen LogP contribution in [0.4, 0.5) is 0 Å². The highest BCUT2D eigenvalue weighted by molar-refractivity contribution is 5.80. The highest BCUT2D eigenvalue weighted by Crippen LogP contribution is 2.13. The number of carbonyl (C=O) groups excluding carboxylic acids is 1. The van der Waals surface area contributed by atoms with Crippen molar-refractivity contribution >= 4 is 5.91 Å². The van der Waals surface area contributed by atoms with E-state index in [4.69, 9.17) is 0 Å². The Kier molecular flexibility index (Phi) is 22.1. The van der Waals surface area contributed by atoms with Gasteiger partial charge in [-0.15, -0.1) is 0 Å². The molecule has 0 spiro atoms. The summed E-state index contributed by atoms with van der Waals surface area (Å²) in [7, 11) is 0. The van der Waals surface area contributed by atoms with Crippen molar-refractivity contribution in [3.63, 3.8) is 0 Å². The molecular formula is C26H53NO4. The molecule has 0 saturated carbocycles. The molecule has 0 aliphatic rings. The SMILES string of the molecule is CCCCCCCCCCCC(O)C(CO)NC(=O)C(O)CCCCCCCCCC. The minimum absolute atomic E-state index is 0.311. The largest absolute Gasteiger partial charge is 0.394 e. The summed E-state index contributed by atoms with van der Waals surface area (Å²) in [6.07, 6.45) is 19.4. The molecule has 5 heteroatoms. The van der Waals surface area contributed by atoms with Gasteiger partial charge in [0.2, 0.25) is 5.91 Å². The molecular weight excluding hydrogens is 390 g/mol. The van der Waals surface area contributed by atoms with Crippen molar-refractivity contribution in [1.82, 2.24) is 5.32 Å². The van der Waals surface area contributed by atoms with Gasteiger partial charge in [0.25, 0.3) is 0 Å². The molecule has 0 bridgehead atoms. The maximum absolute atomic E-state index is 12.2. The molecule has 0 aromatic heterocycles. The Balaban J connectivity index is 3.82. The lowest BCUT2D eigenvalue weighted by atomic mass is 10.0. The number of amides is 1. The van der Waals surface area contributed by atoms with E-state index in [2.05, 4.69) is 19.2 Å². The van der Waals surface area contributed by atoms with Gasteiger partial charge in [-0.1, -0.05) is 123 Å². The van der Waals surface area contributed by atoms with Crippen LogP contribution in [0.15, 0.2) is 0 Å². The number of hydrogen-bond acceptors (Lipinski definition) is 4. The topological polar surface area (TPSA) is 89.8 Å². The number of unbranched alkanes of at least 4 members (excludes halogenated alkanes) is 15. The quantitative estimate of drug-likeness (QED) is 0.154. The second-order valence-electron chi connectivity index (χ2n) is 9.26. The molecule has 1 amide bonds. The summed E-state index contributed by atoms with van der Waals surface area (Å²) in [6.45, 7) is 4.13. The van der Waals surface area contributed by atoms with E-state index in [0.29, 0.717) is 12.8 Å². The number of aliphatic hydroxyl groups excluding tert-OH is 3. The van der Waals surface area contributed by atoms with Crippen molar-refractivity contribution < 1.29 is 20.1 Å². The van der Waals surface area contributed by atoms with E-state index >= 15 is 0 Å². The third-order valence-electron chi connectivity index (χ3n) is 6.23. The van der Waals surface area contributed by atoms with Crippen molar-refractivity contribution in [3.05, 3.63) is 0 Å².